The highest BCUT2D eigenvalue weighted by molar-refractivity contribution is 9.10. The van der Waals surface area contributed by atoms with Gasteiger partial charge in [-0.15, -0.1) is 0 Å². The fourth-order valence-corrected chi connectivity index (χ4v) is 2.79. The topological polar surface area (TPSA) is 61.0 Å². The Kier molecular flexibility index (Phi) is 4.77. The van der Waals surface area contributed by atoms with Crippen LogP contribution >= 0.6 is 15.9 Å². The first kappa shape index (κ1) is 13.5. The van der Waals surface area contributed by atoms with Crippen molar-refractivity contribution in [2.45, 2.75) is 32.2 Å². The molecule has 0 bridgehead atoms. The van der Waals surface area contributed by atoms with Crippen molar-refractivity contribution in [3.05, 3.63) is 21.2 Å². The summed E-state index contributed by atoms with van der Waals surface area (Å²) < 4.78 is 0.524. The molecule has 0 spiro atoms. The monoisotopic (exact) mass is 314 g/mol. The third-order valence-electron chi connectivity index (χ3n) is 3.17. The van der Waals surface area contributed by atoms with Crippen molar-refractivity contribution in [2.75, 3.05) is 24.5 Å². The number of H-pyrrole nitrogens is 1. The molecule has 1 aliphatic rings. The number of hydrogen-bond donors (Lipinski definition) is 2. The molecule has 2 rings (SSSR count). The van der Waals surface area contributed by atoms with Gasteiger partial charge in [0.05, 0.1) is 6.33 Å². The van der Waals surface area contributed by atoms with Crippen LogP contribution in [-0.2, 0) is 0 Å². The summed E-state index contributed by atoms with van der Waals surface area (Å²) in [5.41, 5.74) is -0.125. The van der Waals surface area contributed by atoms with Crippen molar-refractivity contribution < 1.29 is 0 Å². The van der Waals surface area contributed by atoms with E-state index in [1.807, 2.05) is 0 Å². The summed E-state index contributed by atoms with van der Waals surface area (Å²) in [6.07, 6.45) is 4.93. The van der Waals surface area contributed by atoms with Crippen molar-refractivity contribution in [2.24, 2.45) is 0 Å². The van der Waals surface area contributed by atoms with Crippen LogP contribution in [0.15, 0.2) is 15.6 Å². The van der Waals surface area contributed by atoms with E-state index in [1.54, 1.807) is 0 Å². The number of aromatic amines is 1. The number of nitrogens with one attached hydrogen (secondary N) is 2. The second-order valence-corrected chi connectivity index (χ2v) is 5.40. The predicted octanol–water partition coefficient (Wildman–Crippen LogP) is 1.50. The van der Waals surface area contributed by atoms with Crippen LogP contribution < -0.4 is 15.8 Å². The van der Waals surface area contributed by atoms with E-state index >= 15 is 0 Å². The minimum atomic E-state index is -0.125. The zero-order chi connectivity index (χ0) is 13.0. The summed E-state index contributed by atoms with van der Waals surface area (Å²) in [7, 11) is 0. The summed E-state index contributed by atoms with van der Waals surface area (Å²) in [5, 5.41) is 3.48. The van der Waals surface area contributed by atoms with E-state index < -0.39 is 0 Å². The van der Waals surface area contributed by atoms with Gasteiger partial charge >= 0.3 is 0 Å². The highest BCUT2D eigenvalue weighted by atomic mass is 79.9. The maximum Gasteiger partial charge on any atom is 0.267 e. The molecule has 1 aromatic rings. The molecule has 1 fully saturated rings. The third kappa shape index (κ3) is 3.11. The Balaban J connectivity index is 2.17. The summed E-state index contributed by atoms with van der Waals surface area (Å²) in [5.74, 6) is 0.745. The van der Waals surface area contributed by atoms with Crippen molar-refractivity contribution in [3.63, 3.8) is 0 Å². The normalized spacial score (nSPS) is 19.1. The first-order valence-corrected chi connectivity index (χ1v) is 7.23. The lowest BCUT2D eigenvalue weighted by Crippen LogP contribution is -2.39. The molecule has 1 atom stereocenters. The molecule has 1 saturated heterocycles. The van der Waals surface area contributed by atoms with Gasteiger partial charge in [0, 0.05) is 19.1 Å². The molecule has 18 heavy (non-hydrogen) atoms. The first-order valence-electron chi connectivity index (χ1n) is 6.44. The van der Waals surface area contributed by atoms with Gasteiger partial charge in [0.15, 0.2) is 0 Å². The molecule has 0 radical (unpaired) electrons. The molecule has 5 nitrogen and oxygen atoms in total. The standard InChI is InChI=1S/C12H19BrN4O/c1-2-6-17(7-9-4-3-5-14-9)11-10(13)12(18)16-8-15-11/h8-9,14H,2-7H2,1H3,(H,15,16,18). The van der Waals surface area contributed by atoms with Gasteiger partial charge in [-0.3, -0.25) is 4.79 Å². The highest BCUT2D eigenvalue weighted by Crippen LogP contribution is 2.20. The van der Waals surface area contributed by atoms with E-state index in [-0.39, 0.29) is 5.56 Å². The molecule has 0 saturated carbocycles. The van der Waals surface area contributed by atoms with E-state index in [9.17, 15) is 4.79 Å². The van der Waals surface area contributed by atoms with Crippen LogP contribution in [0.25, 0.3) is 0 Å². The van der Waals surface area contributed by atoms with E-state index in [2.05, 4.69) is 43.0 Å². The lowest BCUT2D eigenvalue weighted by molar-refractivity contribution is 0.574. The zero-order valence-electron chi connectivity index (χ0n) is 10.6. The molecule has 2 heterocycles. The second kappa shape index (κ2) is 6.33. The molecule has 100 valence electrons. The van der Waals surface area contributed by atoms with E-state index in [1.165, 1.54) is 19.2 Å². The van der Waals surface area contributed by atoms with Gasteiger partial charge in [0.2, 0.25) is 0 Å². The highest BCUT2D eigenvalue weighted by Gasteiger charge is 2.20. The van der Waals surface area contributed by atoms with E-state index in [0.29, 0.717) is 10.5 Å². The Morgan fingerprint density at radius 3 is 3.11 bits per heavy atom. The average Bonchev–Trinajstić information content (AvgIpc) is 2.85. The van der Waals surface area contributed by atoms with Crippen molar-refractivity contribution in [1.82, 2.24) is 15.3 Å². The fraction of sp³-hybridized carbons (Fsp3) is 0.667. The fourth-order valence-electron chi connectivity index (χ4n) is 2.33. The van der Waals surface area contributed by atoms with Crippen molar-refractivity contribution in [1.29, 1.82) is 0 Å². The number of halogens is 1. The van der Waals surface area contributed by atoms with Gasteiger partial charge in [0.1, 0.15) is 10.3 Å². The Morgan fingerprint density at radius 2 is 2.44 bits per heavy atom. The Bertz CT molecular complexity index is 442. The summed E-state index contributed by atoms with van der Waals surface area (Å²) in [6.45, 7) is 5.04. The van der Waals surface area contributed by atoms with Crippen molar-refractivity contribution in [3.8, 4) is 0 Å². The molecule has 1 aliphatic heterocycles. The van der Waals surface area contributed by atoms with Gasteiger partial charge in [-0.2, -0.15) is 0 Å². The molecule has 1 aromatic heterocycles. The molecule has 2 N–H and O–H groups in total. The van der Waals surface area contributed by atoms with Gasteiger partial charge in [-0.05, 0) is 41.7 Å². The number of aromatic nitrogens is 2. The van der Waals surface area contributed by atoms with E-state index in [4.69, 9.17) is 0 Å². The third-order valence-corrected chi connectivity index (χ3v) is 3.89. The first-order chi connectivity index (χ1) is 8.72. The molecular weight excluding hydrogens is 296 g/mol. The van der Waals surface area contributed by atoms with Crippen LogP contribution in [0.4, 0.5) is 5.82 Å². The Labute approximate surface area is 115 Å². The number of hydrogen-bond acceptors (Lipinski definition) is 4. The Hall–Kier alpha value is -0.880. The Morgan fingerprint density at radius 1 is 1.61 bits per heavy atom. The van der Waals surface area contributed by atoms with Gasteiger partial charge in [-0.1, -0.05) is 6.92 Å². The largest absolute Gasteiger partial charge is 0.354 e. The lowest BCUT2D eigenvalue weighted by Gasteiger charge is -2.26. The number of nitrogens with zero attached hydrogens (tertiary/aromatic N) is 2. The molecule has 0 aromatic carbocycles. The smallest absolute Gasteiger partial charge is 0.267 e. The molecule has 0 amide bonds. The zero-order valence-corrected chi connectivity index (χ0v) is 12.2. The predicted molar refractivity (Wildman–Crippen MR) is 76.1 cm³/mol. The van der Waals surface area contributed by atoms with Crippen molar-refractivity contribution >= 4 is 21.7 Å². The maximum absolute atomic E-state index is 11.6. The van der Waals surface area contributed by atoms with Crippen LogP contribution in [0.5, 0.6) is 0 Å². The van der Waals surface area contributed by atoms with Gasteiger partial charge in [0.25, 0.3) is 5.56 Å². The van der Waals surface area contributed by atoms with Crippen LogP contribution in [0.2, 0.25) is 0 Å². The maximum atomic E-state index is 11.6. The molecule has 0 aliphatic carbocycles. The van der Waals surface area contributed by atoms with E-state index in [0.717, 1.165) is 31.9 Å². The van der Waals surface area contributed by atoms with Gasteiger partial charge < -0.3 is 15.2 Å². The molecular formula is C12H19BrN4O. The molecule has 6 heteroatoms. The minimum Gasteiger partial charge on any atom is -0.354 e. The molecule has 1 unspecified atom stereocenters. The second-order valence-electron chi connectivity index (χ2n) is 4.61. The van der Waals surface area contributed by atoms with Crippen LogP contribution in [-0.4, -0.2) is 35.6 Å². The SMILES string of the molecule is CCCN(CC1CCCN1)c1nc[nH]c(=O)c1Br. The van der Waals surface area contributed by atoms with Crippen LogP contribution in [0, 0.1) is 0 Å². The summed E-state index contributed by atoms with van der Waals surface area (Å²) >= 11 is 3.33. The summed E-state index contributed by atoms with van der Waals surface area (Å²) in [6, 6.07) is 0.504. The van der Waals surface area contributed by atoms with Crippen LogP contribution in [0.3, 0.4) is 0 Å². The summed E-state index contributed by atoms with van der Waals surface area (Å²) in [4.78, 5) is 20.7. The number of anilines is 1. The van der Waals surface area contributed by atoms with Gasteiger partial charge in [-0.25, -0.2) is 4.98 Å². The van der Waals surface area contributed by atoms with Crippen LogP contribution in [0.1, 0.15) is 26.2 Å². The lowest BCUT2D eigenvalue weighted by atomic mass is 10.2. The average molecular weight is 315 g/mol. The minimum absolute atomic E-state index is 0.125. The quantitative estimate of drug-likeness (QED) is 0.864. The number of rotatable bonds is 5.